The first-order valence-corrected chi connectivity index (χ1v) is 9.18. The van der Waals surface area contributed by atoms with Crippen molar-refractivity contribution in [3.05, 3.63) is 48.3 Å². The minimum Gasteiger partial charge on any atom is -0.336 e. The van der Waals surface area contributed by atoms with Crippen LogP contribution < -0.4 is 5.32 Å². The van der Waals surface area contributed by atoms with Gasteiger partial charge in [-0.25, -0.2) is 9.78 Å². The number of imidazole rings is 1. The molecule has 140 valence electrons. The molecule has 0 radical (unpaired) electrons. The zero-order valence-corrected chi connectivity index (χ0v) is 15.8. The Bertz CT molecular complexity index is 706. The van der Waals surface area contributed by atoms with E-state index in [1.165, 1.54) is 5.56 Å². The molecule has 26 heavy (non-hydrogen) atoms. The van der Waals surface area contributed by atoms with E-state index in [0.717, 1.165) is 38.5 Å². The Balaban J connectivity index is 1.54. The molecule has 7 nitrogen and oxygen atoms in total. The van der Waals surface area contributed by atoms with Gasteiger partial charge in [0.1, 0.15) is 5.82 Å². The summed E-state index contributed by atoms with van der Waals surface area (Å²) in [6.45, 7) is 8.30. The highest BCUT2D eigenvalue weighted by Gasteiger charge is 2.26. The first-order valence-electron chi connectivity index (χ1n) is 9.18. The summed E-state index contributed by atoms with van der Waals surface area (Å²) in [6.07, 6.45) is 7.37. The number of hydrogen-bond acceptors (Lipinski definition) is 4. The van der Waals surface area contributed by atoms with Crippen molar-refractivity contribution in [3.63, 3.8) is 0 Å². The molecule has 2 aromatic heterocycles. The van der Waals surface area contributed by atoms with Crippen molar-refractivity contribution in [2.75, 3.05) is 26.2 Å². The molecule has 3 heterocycles. The topological polar surface area (TPSA) is 66.3 Å². The molecule has 1 atom stereocenters. The van der Waals surface area contributed by atoms with Crippen LogP contribution in [0.25, 0.3) is 0 Å². The second-order valence-corrected chi connectivity index (χ2v) is 7.19. The first kappa shape index (κ1) is 18.4. The lowest BCUT2D eigenvalue weighted by Gasteiger charge is -2.36. The van der Waals surface area contributed by atoms with Crippen LogP contribution in [0.5, 0.6) is 0 Å². The SMILES string of the molecule is CC(C)[C@@H](NC(=O)N1CCN(Cc2cccnc2)CC1)c1nccn1C. The molecule has 0 saturated carbocycles. The number of nitrogens with zero attached hydrogens (tertiary/aromatic N) is 5. The third-order valence-corrected chi connectivity index (χ3v) is 4.87. The second-order valence-electron chi connectivity index (χ2n) is 7.19. The van der Waals surface area contributed by atoms with Gasteiger partial charge in [0, 0.05) is 64.6 Å². The van der Waals surface area contributed by atoms with Crippen LogP contribution in [-0.4, -0.2) is 56.5 Å². The van der Waals surface area contributed by atoms with E-state index in [4.69, 9.17) is 0 Å². The van der Waals surface area contributed by atoms with Crippen LogP contribution in [0.3, 0.4) is 0 Å². The fourth-order valence-corrected chi connectivity index (χ4v) is 3.29. The number of carbonyl (C=O) groups excluding carboxylic acids is 1. The molecule has 0 unspecified atom stereocenters. The Kier molecular flexibility index (Phi) is 5.88. The van der Waals surface area contributed by atoms with Crippen LogP contribution in [-0.2, 0) is 13.6 Å². The van der Waals surface area contributed by atoms with Crippen LogP contribution in [0.1, 0.15) is 31.3 Å². The van der Waals surface area contributed by atoms with Crippen molar-refractivity contribution in [1.82, 2.24) is 29.7 Å². The quantitative estimate of drug-likeness (QED) is 0.890. The number of aryl methyl sites for hydroxylation is 1. The zero-order valence-electron chi connectivity index (χ0n) is 15.8. The molecule has 1 aliphatic rings. The summed E-state index contributed by atoms with van der Waals surface area (Å²) < 4.78 is 1.97. The lowest BCUT2D eigenvalue weighted by Crippen LogP contribution is -2.52. The minimum atomic E-state index is -0.0871. The molecule has 3 rings (SSSR count). The highest BCUT2D eigenvalue weighted by Crippen LogP contribution is 2.20. The number of carbonyl (C=O) groups is 1. The van der Waals surface area contributed by atoms with E-state index in [2.05, 4.69) is 40.1 Å². The lowest BCUT2D eigenvalue weighted by atomic mass is 10.0. The third kappa shape index (κ3) is 4.40. The van der Waals surface area contributed by atoms with Crippen LogP contribution >= 0.6 is 0 Å². The van der Waals surface area contributed by atoms with Crippen LogP contribution in [0, 0.1) is 5.92 Å². The van der Waals surface area contributed by atoms with E-state index in [1.54, 1.807) is 12.4 Å². The molecule has 2 amide bonds. The van der Waals surface area contributed by atoms with E-state index in [-0.39, 0.29) is 18.0 Å². The van der Waals surface area contributed by atoms with Gasteiger partial charge in [-0.2, -0.15) is 0 Å². The number of piperazine rings is 1. The summed E-state index contributed by atoms with van der Waals surface area (Å²) >= 11 is 0. The van der Waals surface area contributed by atoms with Gasteiger partial charge in [-0.05, 0) is 17.5 Å². The van der Waals surface area contributed by atoms with Gasteiger partial charge in [-0.3, -0.25) is 9.88 Å². The number of rotatable bonds is 5. The minimum absolute atomic E-state index is 0.00673. The summed E-state index contributed by atoms with van der Waals surface area (Å²) in [5.74, 6) is 1.16. The monoisotopic (exact) mass is 356 g/mol. The summed E-state index contributed by atoms with van der Waals surface area (Å²) in [4.78, 5) is 25.6. The van der Waals surface area contributed by atoms with Crippen molar-refractivity contribution in [2.24, 2.45) is 13.0 Å². The van der Waals surface area contributed by atoms with Crippen LogP contribution in [0.2, 0.25) is 0 Å². The highest BCUT2D eigenvalue weighted by molar-refractivity contribution is 5.74. The van der Waals surface area contributed by atoms with Crippen molar-refractivity contribution >= 4 is 6.03 Å². The van der Waals surface area contributed by atoms with Crippen LogP contribution in [0.15, 0.2) is 36.9 Å². The average Bonchev–Trinajstić information content (AvgIpc) is 3.06. The standard InChI is InChI=1S/C19H28N6O/c1-15(2)17(18-21-7-8-23(18)3)22-19(26)25-11-9-24(10-12-25)14-16-5-4-6-20-13-16/h4-8,13,15,17H,9-12,14H2,1-3H3,(H,22,26)/t17-/m1/s1. The summed E-state index contributed by atoms with van der Waals surface area (Å²) in [6, 6.07) is 3.96. The molecule has 1 fully saturated rings. The Morgan fingerprint density at radius 3 is 2.58 bits per heavy atom. The van der Waals surface area contributed by atoms with Gasteiger partial charge in [0.05, 0.1) is 6.04 Å². The third-order valence-electron chi connectivity index (χ3n) is 4.87. The van der Waals surface area contributed by atoms with Crippen LogP contribution in [0.4, 0.5) is 4.79 Å². The van der Waals surface area contributed by atoms with E-state index >= 15 is 0 Å². The van der Waals surface area contributed by atoms with E-state index in [9.17, 15) is 4.79 Å². The molecular weight excluding hydrogens is 328 g/mol. The van der Waals surface area contributed by atoms with E-state index in [0.29, 0.717) is 0 Å². The number of amides is 2. The van der Waals surface area contributed by atoms with Crippen molar-refractivity contribution in [1.29, 1.82) is 0 Å². The average molecular weight is 356 g/mol. The van der Waals surface area contributed by atoms with Gasteiger partial charge in [0.2, 0.25) is 0 Å². The fraction of sp³-hybridized carbons (Fsp3) is 0.526. The van der Waals surface area contributed by atoms with Gasteiger partial charge < -0.3 is 14.8 Å². The molecule has 1 aliphatic heterocycles. The molecule has 7 heteroatoms. The maximum atomic E-state index is 12.7. The molecular formula is C19H28N6O. The smallest absolute Gasteiger partial charge is 0.318 e. The van der Waals surface area contributed by atoms with Crippen molar-refractivity contribution in [3.8, 4) is 0 Å². The number of pyridine rings is 1. The lowest BCUT2D eigenvalue weighted by molar-refractivity contribution is 0.131. The Morgan fingerprint density at radius 2 is 2.00 bits per heavy atom. The van der Waals surface area contributed by atoms with Gasteiger partial charge in [-0.1, -0.05) is 19.9 Å². The maximum Gasteiger partial charge on any atom is 0.318 e. The predicted molar refractivity (Wildman–Crippen MR) is 100 cm³/mol. The molecule has 0 spiro atoms. The zero-order chi connectivity index (χ0) is 18.5. The molecule has 0 aromatic carbocycles. The van der Waals surface area contributed by atoms with Gasteiger partial charge in [0.25, 0.3) is 0 Å². The molecule has 2 aromatic rings. The largest absolute Gasteiger partial charge is 0.336 e. The van der Waals surface area contributed by atoms with E-state index in [1.807, 2.05) is 35.0 Å². The second kappa shape index (κ2) is 8.31. The molecule has 0 aliphatic carbocycles. The number of aromatic nitrogens is 3. The summed E-state index contributed by atoms with van der Waals surface area (Å²) in [7, 11) is 1.96. The predicted octanol–water partition coefficient (Wildman–Crippen LogP) is 2.04. The van der Waals surface area contributed by atoms with Gasteiger partial charge in [-0.15, -0.1) is 0 Å². The maximum absolute atomic E-state index is 12.7. The molecule has 1 saturated heterocycles. The van der Waals surface area contributed by atoms with Gasteiger partial charge >= 0.3 is 6.03 Å². The highest BCUT2D eigenvalue weighted by atomic mass is 16.2. The number of hydrogen-bond donors (Lipinski definition) is 1. The number of nitrogens with one attached hydrogen (secondary N) is 1. The summed E-state index contributed by atoms with van der Waals surface area (Å²) in [5, 5.41) is 3.17. The van der Waals surface area contributed by atoms with Gasteiger partial charge in [0.15, 0.2) is 0 Å². The molecule has 0 bridgehead atoms. The Morgan fingerprint density at radius 1 is 1.23 bits per heavy atom. The normalized spacial score (nSPS) is 16.7. The van der Waals surface area contributed by atoms with E-state index < -0.39 is 0 Å². The molecule has 1 N–H and O–H groups in total. The first-order chi connectivity index (χ1) is 12.5. The van der Waals surface area contributed by atoms with Crippen molar-refractivity contribution < 1.29 is 4.79 Å². The van der Waals surface area contributed by atoms with Crippen molar-refractivity contribution in [2.45, 2.75) is 26.4 Å². The fourth-order valence-electron chi connectivity index (χ4n) is 3.29. The number of urea groups is 1. The Hall–Kier alpha value is -2.41. The Labute approximate surface area is 155 Å². The summed E-state index contributed by atoms with van der Waals surface area (Å²) in [5.41, 5.74) is 1.21.